The second-order valence-electron chi connectivity index (χ2n) is 12.3. The standard InChI is InChI=1S/C27H43N8O15P.Na/c1-15-8-34(26(42)32-22(15)40)17-9-33(11-27(12-36,13-37)50-17)2-3-45-4-5-46-6-7-47-51(43,44)48-10-16-19(38)20(39)24(49-16)35-14-29-18-21(35)30-25(28)31-23(18)41;/h14-17,19-20,24,36-39H,2-13H2,1H3,(H,43,44)(H,32,40,42)(H3,28,30,31,41);/q;+1/p-1/t15?,16-,17-,19-,20-,24-;/m1./s1. The number of carbonyl (C=O) groups is 2. The van der Waals surface area contributed by atoms with Crippen LogP contribution in [0.25, 0.3) is 11.2 Å². The molecule has 23 nitrogen and oxygen atoms in total. The van der Waals surface area contributed by atoms with Gasteiger partial charge in [0.15, 0.2) is 17.4 Å². The first-order valence-electron chi connectivity index (χ1n) is 16.0. The van der Waals surface area contributed by atoms with Crippen molar-refractivity contribution in [3.63, 3.8) is 0 Å². The van der Waals surface area contributed by atoms with Gasteiger partial charge in [0.1, 0.15) is 30.1 Å². The Balaban J connectivity index is 0.00000605. The topological polar surface area (TPSA) is 319 Å². The van der Waals surface area contributed by atoms with E-state index in [1.165, 1.54) is 9.47 Å². The van der Waals surface area contributed by atoms with Gasteiger partial charge in [-0.3, -0.25) is 38.8 Å². The fourth-order valence-electron chi connectivity index (χ4n) is 5.77. The largest absolute Gasteiger partial charge is 1.00 e. The number of nitrogen functional groups attached to an aromatic ring is 1. The van der Waals surface area contributed by atoms with Crippen molar-refractivity contribution in [2.24, 2.45) is 5.92 Å². The fourth-order valence-corrected chi connectivity index (χ4v) is 6.48. The number of amides is 3. The van der Waals surface area contributed by atoms with E-state index in [0.29, 0.717) is 6.54 Å². The Bertz CT molecular complexity index is 1630. The summed E-state index contributed by atoms with van der Waals surface area (Å²) in [5.74, 6) is -1.07. The molecule has 0 saturated carbocycles. The number of aromatic amines is 1. The van der Waals surface area contributed by atoms with Gasteiger partial charge in [0.05, 0.1) is 65.1 Å². The second-order valence-corrected chi connectivity index (χ2v) is 13.7. The number of nitrogens with two attached hydrogens (primary N) is 1. The van der Waals surface area contributed by atoms with E-state index in [1.54, 1.807) is 6.92 Å². The van der Waals surface area contributed by atoms with Crippen molar-refractivity contribution in [3.8, 4) is 0 Å². The van der Waals surface area contributed by atoms with E-state index in [-0.39, 0.29) is 92.7 Å². The second kappa shape index (κ2) is 18.4. The van der Waals surface area contributed by atoms with Crippen molar-refractivity contribution in [1.82, 2.24) is 34.6 Å². The number of anilines is 1. The molecule has 0 radical (unpaired) electrons. The predicted octanol–water partition coefficient (Wildman–Crippen LogP) is -7.57. The number of rotatable bonds is 17. The first-order valence-corrected chi connectivity index (χ1v) is 17.5. The number of fused-ring (bicyclic) bond motifs is 1. The van der Waals surface area contributed by atoms with E-state index in [1.807, 2.05) is 4.90 Å². The van der Waals surface area contributed by atoms with E-state index < -0.39 is 94.0 Å². The summed E-state index contributed by atoms with van der Waals surface area (Å²) in [4.78, 5) is 62.0. The van der Waals surface area contributed by atoms with Crippen LogP contribution in [0.3, 0.4) is 0 Å². The summed E-state index contributed by atoms with van der Waals surface area (Å²) >= 11 is 0. The molecule has 7 atom stereocenters. The molecule has 3 saturated heterocycles. The molecule has 3 aliphatic rings. The maximum atomic E-state index is 12.5. The molecule has 3 amide bonds. The van der Waals surface area contributed by atoms with Crippen LogP contribution in [-0.2, 0) is 37.4 Å². The number of hydrogen-bond acceptors (Lipinski definition) is 19. The predicted molar refractivity (Wildman–Crippen MR) is 167 cm³/mol. The summed E-state index contributed by atoms with van der Waals surface area (Å²) in [5.41, 5.74) is 3.52. The molecule has 5 heterocycles. The van der Waals surface area contributed by atoms with Crippen molar-refractivity contribution in [3.05, 3.63) is 16.7 Å². The maximum Gasteiger partial charge on any atom is 1.00 e. The van der Waals surface area contributed by atoms with Gasteiger partial charge < -0.3 is 59.0 Å². The minimum atomic E-state index is -4.87. The molecule has 2 aromatic rings. The number of phosphoric acid groups is 1. The van der Waals surface area contributed by atoms with Crippen LogP contribution in [0.5, 0.6) is 0 Å². The molecular formula is C27H42N8NaO15P. The monoisotopic (exact) mass is 772 g/mol. The van der Waals surface area contributed by atoms with Crippen LogP contribution in [0.4, 0.5) is 10.7 Å². The molecule has 0 aliphatic carbocycles. The van der Waals surface area contributed by atoms with Gasteiger partial charge in [-0.2, -0.15) is 4.98 Å². The van der Waals surface area contributed by atoms with Gasteiger partial charge in [-0.25, -0.2) is 9.78 Å². The van der Waals surface area contributed by atoms with Crippen molar-refractivity contribution in [2.75, 3.05) is 84.8 Å². The Morgan fingerprint density at radius 3 is 2.48 bits per heavy atom. The molecule has 8 N–H and O–H groups in total. The molecule has 25 heteroatoms. The Labute approximate surface area is 318 Å². The summed E-state index contributed by atoms with van der Waals surface area (Å²) in [6.07, 6.45) is -5.38. The third kappa shape index (κ3) is 10.1. The number of urea groups is 1. The molecule has 2 unspecified atom stereocenters. The van der Waals surface area contributed by atoms with E-state index in [4.69, 9.17) is 33.7 Å². The molecule has 0 aromatic carbocycles. The van der Waals surface area contributed by atoms with Crippen molar-refractivity contribution < 1.29 is 97.0 Å². The molecule has 0 bridgehead atoms. The van der Waals surface area contributed by atoms with Crippen LogP contribution in [0.15, 0.2) is 11.1 Å². The van der Waals surface area contributed by atoms with Gasteiger partial charge in [-0.05, 0) is 0 Å². The van der Waals surface area contributed by atoms with Crippen LogP contribution in [0.2, 0.25) is 0 Å². The Morgan fingerprint density at radius 2 is 1.77 bits per heavy atom. The van der Waals surface area contributed by atoms with Gasteiger partial charge in [-0.15, -0.1) is 0 Å². The van der Waals surface area contributed by atoms with Gasteiger partial charge in [-0.1, -0.05) is 6.92 Å². The summed E-state index contributed by atoms with van der Waals surface area (Å²) in [7, 11) is -4.87. The number of nitrogens with one attached hydrogen (secondary N) is 2. The number of ether oxygens (including phenoxy) is 4. The summed E-state index contributed by atoms with van der Waals surface area (Å²) < 4.78 is 45.5. The van der Waals surface area contributed by atoms with Crippen LogP contribution < -0.4 is 51.1 Å². The van der Waals surface area contributed by atoms with Crippen molar-refractivity contribution in [2.45, 2.75) is 43.3 Å². The van der Waals surface area contributed by atoms with Crippen LogP contribution >= 0.6 is 7.82 Å². The minimum absolute atomic E-state index is 0. The number of phosphoric ester groups is 1. The number of morpholine rings is 1. The molecule has 3 aliphatic heterocycles. The van der Waals surface area contributed by atoms with Gasteiger partial charge in [0, 0.05) is 26.2 Å². The summed E-state index contributed by atoms with van der Waals surface area (Å²) in [6.45, 7) is 0.782. The molecule has 2 aromatic heterocycles. The zero-order valence-corrected chi connectivity index (χ0v) is 31.5. The Hall–Kier alpha value is -2.16. The normalized spacial score (nSPS) is 27.8. The minimum Gasteiger partial charge on any atom is -0.756 e. The molecule has 286 valence electrons. The molecule has 0 spiro atoms. The molecule has 3 fully saturated rings. The van der Waals surface area contributed by atoms with Gasteiger partial charge in [0.25, 0.3) is 13.4 Å². The molecule has 52 heavy (non-hydrogen) atoms. The van der Waals surface area contributed by atoms with Crippen LogP contribution in [0, 0.1) is 5.92 Å². The van der Waals surface area contributed by atoms with Crippen molar-refractivity contribution >= 4 is 36.9 Å². The van der Waals surface area contributed by atoms with Crippen LogP contribution in [-0.4, -0.2) is 171 Å². The number of H-pyrrole nitrogens is 1. The first kappa shape index (κ1) is 42.6. The van der Waals surface area contributed by atoms with Crippen molar-refractivity contribution in [1.29, 1.82) is 0 Å². The Morgan fingerprint density at radius 1 is 1.08 bits per heavy atom. The smallest absolute Gasteiger partial charge is 0.756 e. The zero-order valence-electron chi connectivity index (χ0n) is 28.6. The maximum absolute atomic E-state index is 12.5. The molecule has 5 rings (SSSR count). The SMILES string of the molecule is CC1CN([C@H]2CN(CCOCCOCCOP(=O)([O-])OC[C@H]3O[C@@H](n4cnc5c(=O)[nH]c(N)nc54)[C@H](O)[C@@H]3O)CC(CO)(CO)O2)C(=O)NC1=O.[Na+]. The van der Waals surface area contributed by atoms with Crippen LogP contribution in [0.1, 0.15) is 13.2 Å². The first-order chi connectivity index (χ1) is 24.3. The summed E-state index contributed by atoms with van der Waals surface area (Å²) in [5, 5.41) is 43.1. The third-order valence-electron chi connectivity index (χ3n) is 8.51. The van der Waals surface area contributed by atoms with Gasteiger partial charge in [0.2, 0.25) is 11.9 Å². The number of imidazole rings is 1. The zero-order chi connectivity index (χ0) is 36.9. The number of hydrogen-bond donors (Lipinski definition) is 7. The number of nitrogens with zero attached hydrogens (tertiary/aromatic N) is 5. The average molecular weight is 773 g/mol. The summed E-state index contributed by atoms with van der Waals surface area (Å²) in [6, 6.07) is -0.618. The number of aliphatic hydroxyl groups is 4. The number of carbonyl (C=O) groups excluding carboxylic acids is 2. The van der Waals surface area contributed by atoms with E-state index in [0.717, 1.165) is 6.33 Å². The quantitative estimate of drug-likeness (QED) is 0.0446. The number of aromatic nitrogens is 4. The van der Waals surface area contributed by atoms with E-state index in [2.05, 4.69) is 20.3 Å². The third-order valence-corrected chi connectivity index (χ3v) is 9.47. The number of imide groups is 1. The Kier molecular flexibility index (Phi) is 15.1. The average Bonchev–Trinajstić information content (AvgIpc) is 3.64. The molecular weight excluding hydrogens is 730 g/mol. The van der Waals surface area contributed by atoms with Gasteiger partial charge >= 0.3 is 35.6 Å². The van der Waals surface area contributed by atoms with E-state index in [9.17, 15) is 44.3 Å². The fraction of sp³-hybridized carbons (Fsp3) is 0.741. The number of aliphatic hydroxyl groups excluding tert-OH is 4. The van der Waals surface area contributed by atoms with E-state index >= 15 is 0 Å².